The van der Waals surface area contributed by atoms with Gasteiger partial charge in [-0.25, -0.2) is 0 Å². The van der Waals surface area contributed by atoms with Crippen molar-refractivity contribution in [2.75, 3.05) is 4.90 Å². The molecule has 0 saturated heterocycles. The molecular formula is C47H31N. The van der Waals surface area contributed by atoms with Crippen molar-refractivity contribution in [3.63, 3.8) is 0 Å². The molecule has 1 aliphatic carbocycles. The third-order valence-corrected chi connectivity index (χ3v) is 9.66. The van der Waals surface area contributed by atoms with E-state index >= 15 is 0 Å². The normalized spacial score (nSPS) is 14.6. The standard InChI is InChI=1S/C47H31N/c1-4-15-37(16-5-1)47(31-30-34-24-28-42-36(32-34)26-25-35-14-10-11-21-41(35)42)45-23-13-12-22-43(45)44-29-27-40(33-46(44)47)48(38-17-6-2-7-18-38)39-19-8-3-9-20-39/h1-29,32-33H. The Morgan fingerprint density at radius 1 is 0.396 bits per heavy atom. The van der Waals surface area contributed by atoms with E-state index in [4.69, 9.17) is 0 Å². The van der Waals surface area contributed by atoms with Crippen LogP contribution in [0.4, 0.5) is 17.1 Å². The maximum Gasteiger partial charge on any atom is 0.108 e. The molecule has 0 radical (unpaired) electrons. The topological polar surface area (TPSA) is 3.24 Å². The van der Waals surface area contributed by atoms with Gasteiger partial charge in [-0.15, -0.1) is 0 Å². The minimum Gasteiger partial charge on any atom is -0.310 e. The van der Waals surface area contributed by atoms with Gasteiger partial charge in [0.2, 0.25) is 0 Å². The predicted octanol–water partition coefficient (Wildman–Crippen LogP) is 11.8. The second kappa shape index (κ2) is 11.5. The van der Waals surface area contributed by atoms with Gasteiger partial charge in [0.1, 0.15) is 5.41 Å². The van der Waals surface area contributed by atoms with Gasteiger partial charge in [0.15, 0.2) is 0 Å². The van der Waals surface area contributed by atoms with E-state index in [1.165, 1.54) is 49.4 Å². The first-order valence-corrected chi connectivity index (χ1v) is 16.4. The smallest absolute Gasteiger partial charge is 0.108 e. The third kappa shape index (κ3) is 4.50. The second-order valence-electron chi connectivity index (χ2n) is 12.4. The zero-order valence-electron chi connectivity index (χ0n) is 26.3. The monoisotopic (exact) mass is 609 g/mol. The van der Waals surface area contributed by atoms with Crippen LogP contribution in [0.15, 0.2) is 188 Å². The first-order chi connectivity index (χ1) is 23.8. The number of para-hydroxylation sites is 2. The molecule has 0 fully saturated rings. The van der Waals surface area contributed by atoms with Crippen LogP contribution in [0.2, 0.25) is 0 Å². The molecular weight excluding hydrogens is 579 g/mol. The van der Waals surface area contributed by atoms with Gasteiger partial charge in [-0.05, 0) is 97.9 Å². The van der Waals surface area contributed by atoms with E-state index in [2.05, 4.69) is 205 Å². The van der Waals surface area contributed by atoms with E-state index in [1.807, 2.05) is 0 Å². The van der Waals surface area contributed by atoms with E-state index in [1.54, 1.807) is 0 Å². The highest BCUT2D eigenvalue weighted by Gasteiger charge is 2.44. The molecule has 8 aromatic rings. The summed E-state index contributed by atoms with van der Waals surface area (Å²) >= 11 is 0. The summed E-state index contributed by atoms with van der Waals surface area (Å²) in [6.45, 7) is 0. The van der Waals surface area contributed by atoms with Crippen LogP contribution in [0.3, 0.4) is 0 Å². The number of nitrogens with zero attached hydrogens (tertiary/aromatic N) is 1. The molecule has 9 rings (SSSR count). The molecule has 0 saturated carbocycles. The van der Waals surface area contributed by atoms with Gasteiger partial charge in [0.25, 0.3) is 0 Å². The number of benzene rings is 8. The molecule has 224 valence electrons. The van der Waals surface area contributed by atoms with Gasteiger partial charge in [-0.1, -0.05) is 151 Å². The fourth-order valence-corrected chi connectivity index (χ4v) is 7.47. The van der Waals surface area contributed by atoms with Crippen LogP contribution < -0.4 is 4.90 Å². The highest BCUT2D eigenvalue weighted by molar-refractivity contribution is 6.07. The van der Waals surface area contributed by atoms with Crippen LogP contribution in [0.25, 0.3) is 32.7 Å². The third-order valence-electron chi connectivity index (χ3n) is 9.66. The van der Waals surface area contributed by atoms with Gasteiger partial charge >= 0.3 is 0 Å². The molecule has 0 aliphatic heterocycles. The van der Waals surface area contributed by atoms with Gasteiger partial charge in [0, 0.05) is 22.6 Å². The minimum absolute atomic E-state index is 0.666. The van der Waals surface area contributed by atoms with Crippen molar-refractivity contribution >= 4 is 38.6 Å². The zero-order valence-corrected chi connectivity index (χ0v) is 26.3. The van der Waals surface area contributed by atoms with Crippen LogP contribution in [0.5, 0.6) is 0 Å². The van der Waals surface area contributed by atoms with Crippen LogP contribution in [-0.2, 0) is 5.41 Å². The fraction of sp³-hybridized carbons (Fsp3) is 0.0213. The van der Waals surface area contributed by atoms with E-state index in [0.29, 0.717) is 0 Å². The summed E-state index contributed by atoms with van der Waals surface area (Å²) in [4.78, 5) is 2.33. The van der Waals surface area contributed by atoms with Gasteiger partial charge in [-0.2, -0.15) is 0 Å². The Hall–Kier alpha value is -6.36. The highest BCUT2D eigenvalue weighted by atomic mass is 15.1. The summed E-state index contributed by atoms with van der Waals surface area (Å²) in [5.74, 6) is 7.62. The molecule has 0 aromatic heterocycles. The van der Waals surface area contributed by atoms with E-state index in [9.17, 15) is 0 Å². The van der Waals surface area contributed by atoms with Crippen LogP contribution >= 0.6 is 0 Å². The summed E-state index contributed by atoms with van der Waals surface area (Å²) in [5, 5.41) is 4.97. The van der Waals surface area contributed by atoms with Gasteiger partial charge < -0.3 is 4.90 Å². The maximum atomic E-state index is 3.92. The van der Waals surface area contributed by atoms with Crippen LogP contribution in [0, 0.1) is 11.8 Å². The van der Waals surface area contributed by atoms with E-state index < -0.39 is 5.41 Å². The Kier molecular flexibility index (Phi) is 6.66. The fourth-order valence-electron chi connectivity index (χ4n) is 7.47. The molecule has 48 heavy (non-hydrogen) atoms. The summed E-state index contributed by atoms with van der Waals surface area (Å²) in [5.41, 5.74) is 9.69. The average molecular weight is 610 g/mol. The summed E-state index contributed by atoms with van der Waals surface area (Å²) < 4.78 is 0. The minimum atomic E-state index is -0.666. The Morgan fingerprint density at radius 2 is 1.00 bits per heavy atom. The van der Waals surface area contributed by atoms with Crippen molar-refractivity contribution in [3.05, 3.63) is 210 Å². The van der Waals surface area contributed by atoms with Crippen molar-refractivity contribution in [1.82, 2.24) is 0 Å². The quantitative estimate of drug-likeness (QED) is 0.142. The van der Waals surface area contributed by atoms with E-state index in [0.717, 1.165) is 22.6 Å². The van der Waals surface area contributed by atoms with Gasteiger partial charge in [-0.3, -0.25) is 0 Å². The van der Waals surface area contributed by atoms with Crippen molar-refractivity contribution in [2.24, 2.45) is 0 Å². The predicted molar refractivity (Wildman–Crippen MR) is 201 cm³/mol. The molecule has 0 bridgehead atoms. The van der Waals surface area contributed by atoms with Crippen molar-refractivity contribution in [1.29, 1.82) is 0 Å². The Balaban J connectivity index is 1.28. The van der Waals surface area contributed by atoms with Crippen LogP contribution in [0.1, 0.15) is 22.3 Å². The first kappa shape index (κ1) is 27.9. The Bertz CT molecular complexity index is 2470. The SMILES string of the molecule is C(#CC1(c2ccccc2)c2ccccc2-c2ccc(N(c3ccccc3)c3ccccc3)cc21)c1ccc2c(ccc3ccccc32)c1. The average Bonchev–Trinajstić information content (AvgIpc) is 3.45. The zero-order chi connectivity index (χ0) is 31.9. The molecule has 0 heterocycles. The van der Waals surface area contributed by atoms with Crippen LogP contribution in [-0.4, -0.2) is 0 Å². The second-order valence-corrected chi connectivity index (χ2v) is 12.4. The lowest BCUT2D eigenvalue weighted by atomic mass is 9.72. The molecule has 0 N–H and O–H groups in total. The number of hydrogen-bond acceptors (Lipinski definition) is 1. The van der Waals surface area contributed by atoms with Crippen molar-refractivity contribution in [2.45, 2.75) is 5.41 Å². The highest BCUT2D eigenvalue weighted by Crippen LogP contribution is 2.54. The summed E-state index contributed by atoms with van der Waals surface area (Å²) in [7, 11) is 0. The lowest BCUT2D eigenvalue weighted by Crippen LogP contribution is -2.25. The van der Waals surface area contributed by atoms with Crippen molar-refractivity contribution < 1.29 is 0 Å². The molecule has 1 heteroatoms. The summed E-state index contributed by atoms with van der Waals surface area (Å²) in [6.07, 6.45) is 0. The molecule has 1 atom stereocenters. The molecule has 1 unspecified atom stereocenters. The Morgan fingerprint density at radius 3 is 1.77 bits per heavy atom. The number of anilines is 3. The molecule has 1 aliphatic rings. The molecule has 0 amide bonds. The number of rotatable bonds is 4. The Labute approximate surface area is 281 Å². The lowest BCUT2D eigenvalue weighted by Gasteiger charge is -2.30. The number of hydrogen-bond donors (Lipinski definition) is 0. The lowest BCUT2D eigenvalue weighted by molar-refractivity contribution is 0.837. The molecule has 1 nitrogen and oxygen atoms in total. The molecule has 0 spiro atoms. The maximum absolute atomic E-state index is 3.92. The molecule has 8 aromatic carbocycles. The summed E-state index contributed by atoms with van der Waals surface area (Å²) in [6, 6.07) is 67.3. The van der Waals surface area contributed by atoms with E-state index in [-0.39, 0.29) is 0 Å². The number of fused-ring (bicyclic) bond motifs is 6. The largest absolute Gasteiger partial charge is 0.310 e. The first-order valence-electron chi connectivity index (χ1n) is 16.4. The van der Waals surface area contributed by atoms with Crippen molar-refractivity contribution in [3.8, 4) is 23.0 Å². The van der Waals surface area contributed by atoms with Gasteiger partial charge in [0.05, 0.1) is 0 Å².